The average Bonchev–Trinajstić information content (AvgIpc) is 2.38. The van der Waals surface area contributed by atoms with Crippen LogP contribution in [0.4, 0.5) is 0 Å². The van der Waals surface area contributed by atoms with E-state index in [9.17, 15) is 14.2 Å². The zero-order valence-corrected chi connectivity index (χ0v) is 11.2. The lowest BCUT2D eigenvalue weighted by Crippen LogP contribution is -2.30. The number of ether oxygens (including phenoxy) is 1. The molecule has 102 valence electrons. The van der Waals surface area contributed by atoms with E-state index in [1.807, 2.05) is 0 Å². The van der Waals surface area contributed by atoms with E-state index in [2.05, 4.69) is 4.74 Å². The Morgan fingerprint density at radius 1 is 1.16 bits per heavy atom. The Labute approximate surface area is 110 Å². The van der Waals surface area contributed by atoms with E-state index in [1.54, 1.807) is 30.3 Å². The summed E-state index contributed by atoms with van der Waals surface area (Å²) >= 11 is 0. The number of hydrogen-bond acceptors (Lipinski definition) is 6. The monoisotopic (exact) mass is 284 g/mol. The first-order valence-corrected chi connectivity index (χ1v) is 7.28. The molecule has 1 aliphatic heterocycles. The molecule has 19 heavy (non-hydrogen) atoms. The molecule has 1 saturated heterocycles. The van der Waals surface area contributed by atoms with Gasteiger partial charge in [-0.2, -0.15) is 0 Å². The highest BCUT2D eigenvalue weighted by Crippen LogP contribution is 2.55. The first kappa shape index (κ1) is 13.8. The molecule has 1 aromatic rings. The van der Waals surface area contributed by atoms with Crippen LogP contribution in [0.25, 0.3) is 0 Å². The Bertz CT molecular complexity index is 510. The summed E-state index contributed by atoms with van der Waals surface area (Å²) in [6.07, 6.45) is -0.326. The van der Waals surface area contributed by atoms with Gasteiger partial charge in [0.25, 0.3) is 0 Å². The highest BCUT2D eigenvalue weighted by molar-refractivity contribution is 7.55. The molecule has 0 spiro atoms. The summed E-state index contributed by atoms with van der Waals surface area (Å²) in [4.78, 5) is 22.4. The molecule has 1 fully saturated rings. The number of benzene rings is 1. The number of hydrogen-bond donors (Lipinski definition) is 0. The third kappa shape index (κ3) is 3.22. The maximum absolute atomic E-state index is 12.6. The van der Waals surface area contributed by atoms with Crippen LogP contribution in [-0.2, 0) is 23.4 Å². The van der Waals surface area contributed by atoms with Crippen molar-refractivity contribution in [2.24, 2.45) is 0 Å². The zero-order valence-electron chi connectivity index (χ0n) is 10.3. The quantitative estimate of drug-likeness (QED) is 0.479. The highest BCUT2D eigenvalue weighted by atomic mass is 31.2. The van der Waals surface area contributed by atoms with Crippen molar-refractivity contribution in [3.8, 4) is 5.75 Å². The third-order valence-corrected chi connectivity index (χ3v) is 4.94. The normalized spacial score (nSPS) is 19.6. The van der Waals surface area contributed by atoms with Crippen molar-refractivity contribution in [2.75, 3.05) is 7.11 Å². The summed E-state index contributed by atoms with van der Waals surface area (Å²) in [5.41, 5.74) is -0.813. The van der Waals surface area contributed by atoms with Crippen LogP contribution in [0.1, 0.15) is 12.8 Å². The standard InChI is InChI=1S/C12H13O6P/c1-16-19(15,18-9-5-3-2-4-6-9)10-7-11(13)17-12(14)8-10/h2-6,10H,7-8H2,1H3. The lowest BCUT2D eigenvalue weighted by atomic mass is 10.2. The first-order chi connectivity index (χ1) is 9.03. The van der Waals surface area contributed by atoms with Crippen molar-refractivity contribution < 1.29 is 27.9 Å². The second-order valence-electron chi connectivity index (χ2n) is 4.03. The topological polar surface area (TPSA) is 78.9 Å². The molecular weight excluding hydrogens is 271 g/mol. The van der Waals surface area contributed by atoms with Gasteiger partial charge in [0.1, 0.15) is 5.75 Å². The Hall–Kier alpha value is -1.65. The van der Waals surface area contributed by atoms with E-state index >= 15 is 0 Å². The second kappa shape index (κ2) is 5.55. The average molecular weight is 284 g/mol. The maximum Gasteiger partial charge on any atom is 0.383 e. The molecule has 0 N–H and O–H groups in total. The number of cyclic esters (lactones) is 2. The van der Waals surface area contributed by atoms with Crippen LogP contribution in [0.5, 0.6) is 5.75 Å². The van der Waals surface area contributed by atoms with E-state index in [1.165, 1.54) is 7.11 Å². The van der Waals surface area contributed by atoms with Crippen LogP contribution in [0.3, 0.4) is 0 Å². The minimum absolute atomic E-state index is 0.163. The van der Waals surface area contributed by atoms with Crippen LogP contribution < -0.4 is 4.52 Å². The minimum atomic E-state index is -3.59. The fraction of sp³-hybridized carbons (Fsp3) is 0.333. The Morgan fingerprint density at radius 2 is 1.74 bits per heavy atom. The molecule has 1 unspecified atom stereocenters. The van der Waals surface area contributed by atoms with Crippen molar-refractivity contribution >= 4 is 19.5 Å². The summed E-state index contributed by atoms with van der Waals surface area (Å²) in [7, 11) is -2.36. The molecule has 7 heteroatoms. The molecular formula is C12H13O6P. The van der Waals surface area contributed by atoms with Gasteiger partial charge < -0.3 is 13.8 Å². The van der Waals surface area contributed by atoms with Crippen molar-refractivity contribution in [2.45, 2.75) is 18.5 Å². The van der Waals surface area contributed by atoms with Crippen molar-refractivity contribution in [3.05, 3.63) is 30.3 Å². The molecule has 6 nitrogen and oxygen atoms in total. The SMILES string of the molecule is COP(=O)(Oc1ccccc1)C1CC(=O)OC(=O)C1. The molecule has 0 saturated carbocycles. The molecule has 0 aromatic heterocycles. The van der Waals surface area contributed by atoms with Crippen molar-refractivity contribution in [3.63, 3.8) is 0 Å². The zero-order chi connectivity index (χ0) is 13.9. The van der Waals surface area contributed by atoms with Crippen LogP contribution in [0.2, 0.25) is 0 Å². The molecule has 2 rings (SSSR count). The molecule has 0 radical (unpaired) electrons. The molecule has 0 bridgehead atoms. The smallest absolute Gasteiger partial charge is 0.383 e. The van der Waals surface area contributed by atoms with Gasteiger partial charge in [-0.15, -0.1) is 0 Å². The second-order valence-corrected chi connectivity index (χ2v) is 6.39. The Kier molecular flexibility index (Phi) is 4.02. The molecule has 1 aliphatic rings. The van der Waals surface area contributed by atoms with Crippen LogP contribution >= 0.6 is 7.60 Å². The lowest BCUT2D eigenvalue weighted by Gasteiger charge is -2.27. The van der Waals surface area contributed by atoms with Crippen LogP contribution in [0.15, 0.2) is 30.3 Å². The van der Waals surface area contributed by atoms with E-state index in [-0.39, 0.29) is 12.8 Å². The van der Waals surface area contributed by atoms with Gasteiger partial charge in [-0.25, -0.2) is 4.57 Å². The molecule has 1 aromatic carbocycles. The number of esters is 2. The van der Waals surface area contributed by atoms with Gasteiger partial charge in [-0.1, -0.05) is 18.2 Å². The predicted molar refractivity (Wildman–Crippen MR) is 65.8 cm³/mol. The minimum Gasteiger partial charge on any atom is -0.424 e. The number of carbonyl (C=O) groups excluding carboxylic acids is 2. The molecule has 1 atom stereocenters. The van der Waals surface area contributed by atoms with Gasteiger partial charge >= 0.3 is 19.5 Å². The summed E-state index contributed by atoms with van der Waals surface area (Å²) in [5.74, 6) is -1.07. The Balaban J connectivity index is 2.20. The first-order valence-electron chi connectivity index (χ1n) is 5.67. The van der Waals surface area contributed by atoms with Crippen LogP contribution in [-0.4, -0.2) is 24.7 Å². The van der Waals surface area contributed by atoms with E-state index in [4.69, 9.17) is 9.05 Å². The summed E-state index contributed by atoms with van der Waals surface area (Å²) in [6, 6.07) is 8.46. The summed E-state index contributed by atoms with van der Waals surface area (Å²) in [5, 5.41) is 0. The number of carbonyl (C=O) groups is 2. The van der Waals surface area contributed by atoms with Gasteiger partial charge in [0, 0.05) is 7.11 Å². The fourth-order valence-corrected chi connectivity index (χ4v) is 3.46. The predicted octanol–water partition coefficient (Wildman–Crippen LogP) is 2.14. The number of rotatable bonds is 4. The van der Waals surface area contributed by atoms with Gasteiger partial charge in [-0.05, 0) is 12.1 Å². The highest BCUT2D eigenvalue weighted by Gasteiger charge is 2.43. The largest absolute Gasteiger partial charge is 0.424 e. The summed E-state index contributed by atoms with van der Waals surface area (Å²) < 4.78 is 27.3. The molecule has 1 heterocycles. The maximum atomic E-state index is 12.6. The van der Waals surface area contributed by atoms with Gasteiger partial charge in [0.2, 0.25) is 0 Å². The van der Waals surface area contributed by atoms with Gasteiger partial charge in [0.05, 0.1) is 18.5 Å². The van der Waals surface area contributed by atoms with E-state index in [0.717, 1.165) is 0 Å². The fourth-order valence-electron chi connectivity index (χ4n) is 1.78. The van der Waals surface area contributed by atoms with Crippen LogP contribution in [0, 0.1) is 0 Å². The third-order valence-electron chi connectivity index (χ3n) is 2.71. The van der Waals surface area contributed by atoms with Gasteiger partial charge in [0.15, 0.2) is 0 Å². The summed E-state index contributed by atoms with van der Waals surface area (Å²) in [6.45, 7) is 0. The molecule has 0 amide bonds. The number of para-hydroxylation sites is 1. The van der Waals surface area contributed by atoms with E-state index < -0.39 is 25.2 Å². The Morgan fingerprint density at radius 3 is 2.26 bits per heavy atom. The van der Waals surface area contributed by atoms with Crippen molar-refractivity contribution in [1.82, 2.24) is 0 Å². The molecule has 0 aliphatic carbocycles. The lowest BCUT2D eigenvalue weighted by molar-refractivity contribution is -0.163. The van der Waals surface area contributed by atoms with Crippen molar-refractivity contribution in [1.29, 1.82) is 0 Å². The van der Waals surface area contributed by atoms with Gasteiger partial charge in [-0.3, -0.25) is 9.59 Å². The van der Waals surface area contributed by atoms with E-state index in [0.29, 0.717) is 5.75 Å².